The molecule has 3 nitrogen and oxygen atoms in total. The van der Waals surface area contributed by atoms with E-state index in [0.29, 0.717) is 17.9 Å². The van der Waals surface area contributed by atoms with Gasteiger partial charge >= 0.3 is 0 Å². The van der Waals surface area contributed by atoms with E-state index in [1.165, 1.54) is 6.42 Å². The number of nitrogens with zero attached hydrogens (tertiary/aromatic N) is 1. The third-order valence-corrected chi connectivity index (χ3v) is 4.47. The van der Waals surface area contributed by atoms with Crippen molar-refractivity contribution in [2.75, 3.05) is 20.1 Å². The van der Waals surface area contributed by atoms with Crippen LogP contribution >= 0.6 is 0 Å². The van der Waals surface area contributed by atoms with Gasteiger partial charge in [-0.15, -0.1) is 0 Å². The Labute approximate surface area is 105 Å². The summed E-state index contributed by atoms with van der Waals surface area (Å²) in [5, 5.41) is 3.34. The maximum absolute atomic E-state index is 12.7. The number of hydrogen-bond acceptors (Lipinski definition) is 2. The van der Waals surface area contributed by atoms with Crippen LogP contribution in [0.2, 0.25) is 0 Å². The summed E-state index contributed by atoms with van der Waals surface area (Å²) in [6, 6.07) is 0.423. The van der Waals surface area contributed by atoms with Gasteiger partial charge in [-0.1, -0.05) is 20.3 Å². The predicted molar refractivity (Wildman–Crippen MR) is 69.8 cm³/mol. The number of carbonyl (C=O) groups is 1. The van der Waals surface area contributed by atoms with Gasteiger partial charge in [-0.3, -0.25) is 4.79 Å². The molecule has 3 heteroatoms. The third-order valence-electron chi connectivity index (χ3n) is 4.47. The molecule has 1 atom stereocenters. The lowest BCUT2D eigenvalue weighted by molar-refractivity contribution is -0.149. The van der Waals surface area contributed by atoms with Gasteiger partial charge in [-0.05, 0) is 38.1 Å². The zero-order valence-corrected chi connectivity index (χ0v) is 11.5. The number of nitrogens with one attached hydrogen (secondary N) is 1. The monoisotopic (exact) mass is 238 g/mol. The Morgan fingerprint density at radius 3 is 2.59 bits per heavy atom. The summed E-state index contributed by atoms with van der Waals surface area (Å²) >= 11 is 0. The quantitative estimate of drug-likeness (QED) is 0.812. The van der Waals surface area contributed by atoms with Crippen molar-refractivity contribution in [1.29, 1.82) is 0 Å². The van der Waals surface area contributed by atoms with Crippen molar-refractivity contribution in [3.8, 4) is 0 Å². The van der Waals surface area contributed by atoms with Crippen LogP contribution in [-0.2, 0) is 4.79 Å². The first-order valence-corrected chi connectivity index (χ1v) is 7.03. The molecule has 98 valence electrons. The first-order valence-electron chi connectivity index (χ1n) is 7.03. The minimum absolute atomic E-state index is 0.00843. The van der Waals surface area contributed by atoms with Crippen molar-refractivity contribution in [3.63, 3.8) is 0 Å². The van der Waals surface area contributed by atoms with Crippen molar-refractivity contribution in [1.82, 2.24) is 10.2 Å². The highest BCUT2D eigenvalue weighted by Crippen LogP contribution is 2.47. The Morgan fingerprint density at radius 1 is 1.47 bits per heavy atom. The van der Waals surface area contributed by atoms with Gasteiger partial charge < -0.3 is 10.2 Å². The normalized spacial score (nSPS) is 26.9. The minimum Gasteiger partial charge on any atom is -0.341 e. The van der Waals surface area contributed by atoms with E-state index in [-0.39, 0.29) is 5.41 Å². The van der Waals surface area contributed by atoms with Crippen LogP contribution < -0.4 is 5.32 Å². The number of amides is 1. The molecule has 1 aliphatic carbocycles. The molecule has 1 N–H and O–H groups in total. The molecule has 2 rings (SSSR count). The molecule has 0 spiro atoms. The van der Waals surface area contributed by atoms with Crippen molar-refractivity contribution < 1.29 is 4.79 Å². The van der Waals surface area contributed by atoms with Crippen molar-refractivity contribution >= 4 is 5.91 Å². The summed E-state index contributed by atoms with van der Waals surface area (Å²) in [4.78, 5) is 14.7. The van der Waals surface area contributed by atoms with E-state index in [2.05, 4.69) is 19.2 Å². The van der Waals surface area contributed by atoms with Crippen LogP contribution in [-0.4, -0.2) is 37.0 Å². The van der Waals surface area contributed by atoms with E-state index in [4.69, 9.17) is 0 Å². The van der Waals surface area contributed by atoms with Crippen LogP contribution in [0.4, 0.5) is 0 Å². The second-order valence-electron chi connectivity index (χ2n) is 6.29. The summed E-state index contributed by atoms with van der Waals surface area (Å²) in [7, 11) is 2.00. The van der Waals surface area contributed by atoms with Crippen LogP contribution in [0.5, 0.6) is 0 Å². The minimum atomic E-state index is -0.00843. The molecule has 0 aromatic carbocycles. The van der Waals surface area contributed by atoms with E-state index in [9.17, 15) is 4.79 Å². The van der Waals surface area contributed by atoms with Crippen LogP contribution in [0.15, 0.2) is 0 Å². The van der Waals surface area contributed by atoms with Crippen molar-refractivity contribution in [2.45, 2.75) is 52.0 Å². The highest BCUT2D eigenvalue weighted by Gasteiger charge is 2.46. The molecule has 2 fully saturated rings. The fourth-order valence-electron chi connectivity index (χ4n) is 3.40. The van der Waals surface area contributed by atoms with E-state index in [1.807, 2.05) is 11.9 Å². The maximum atomic E-state index is 12.7. The smallest absolute Gasteiger partial charge is 0.228 e. The summed E-state index contributed by atoms with van der Waals surface area (Å²) in [6.45, 7) is 6.48. The number of rotatable bonds is 4. The standard InChI is InChI=1S/C14H26N2O/c1-11(2)9-14(6-4-7-14)13(17)16(3)12-5-8-15-10-12/h11-12,15H,4-10H2,1-3H3. The fraction of sp³-hybridized carbons (Fsp3) is 0.929. The molecule has 1 unspecified atom stereocenters. The van der Waals surface area contributed by atoms with Crippen LogP contribution in [0.25, 0.3) is 0 Å². The average molecular weight is 238 g/mol. The van der Waals surface area contributed by atoms with Gasteiger partial charge in [0.1, 0.15) is 0 Å². The molecule has 17 heavy (non-hydrogen) atoms. The van der Waals surface area contributed by atoms with Gasteiger partial charge in [-0.25, -0.2) is 0 Å². The van der Waals surface area contributed by atoms with E-state index >= 15 is 0 Å². The largest absolute Gasteiger partial charge is 0.341 e. The van der Waals surface area contributed by atoms with Crippen LogP contribution in [0, 0.1) is 11.3 Å². The maximum Gasteiger partial charge on any atom is 0.228 e. The van der Waals surface area contributed by atoms with Crippen LogP contribution in [0.1, 0.15) is 46.0 Å². The molecule has 0 bridgehead atoms. The first-order chi connectivity index (χ1) is 8.05. The Kier molecular flexibility index (Phi) is 3.76. The molecular weight excluding hydrogens is 212 g/mol. The zero-order valence-electron chi connectivity index (χ0n) is 11.5. The SMILES string of the molecule is CC(C)CC1(C(=O)N(C)C2CCNC2)CCC1. The molecule has 1 heterocycles. The summed E-state index contributed by atoms with van der Waals surface area (Å²) in [5.74, 6) is 1.03. The van der Waals surface area contributed by atoms with Crippen molar-refractivity contribution in [3.05, 3.63) is 0 Å². The molecule has 0 aromatic rings. The Bertz CT molecular complexity index is 278. The highest BCUT2D eigenvalue weighted by atomic mass is 16.2. The molecule has 2 aliphatic rings. The molecular formula is C14H26N2O. The number of likely N-dealkylation sites (N-methyl/N-ethyl adjacent to an activating group) is 1. The van der Waals surface area contributed by atoms with Gasteiger partial charge in [0.15, 0.2) is 0 Å². The average Bonchev–Trinajstić information content (AvgIpc) is 2.74. The van der Waals surface area contributed by atoms with Gasteiger partial charge in [0.25, 0.3) is 0 Å². The molecule has 0 radical (unpaired) electrons. The van der Waals surface area contributed by atoms with E-state index < -0.39 is 0 Å². The first kappa shape index (κ1) is 12.9. The van der Waals surface area contributed by atoms with E-state index in [1.54, 1.807) is 0 Å². The molecule has 0 aromatic heterocycles. The second kappa shape index (κ2) is 4.97. The topological polar surface area (TPSA) is 32.3 Å². The fourth-order valence-corrected chi connectivity index (χ4v) is 3.40. The van der Waals surface area contributed by atoms with Gasteiger partial charge in [0.2, 0.25) is 5.91 Å². The molecule has 1 saturated heterocycles. The Morgan fingerprint density at radius 2 is 2.18 bits per heavy atom. The molecule has 1 aliphatic heterocycles. The summed E-state index contributed by atoms with van der Waals surface area (Å²) in [6.07, 6.45) is 5.62. The van der Waals surface area contributed by atoms with Gasteiger partial charge in [0.05, 0.1) is 0 Å². The Balaban J connectivity index is 2.01. The van der Waals surface area contributed by atoms with Gasteiger partial charge in [0, 0.05) is 25.0 Å². The number of carbonyl (C=O) groups excluding carboxylic acids is 1. The lowest BCUT2D eigenvalue weighted by Gasteiger charge is -2.45. The van der Waals surface area contributed by atoms with E-state index in [0.717, 1.165) is 38.8 Å². The van der Waals surface area contributed by atoms with Crippen molar-refractivity contribution in [2.24, 2.45) is 11.3 Å². The molecule has 1 amide bonds. The van der Waals surface area contributed by atoms with Gasteiger partial charge in [-0.2, -0.15) is 0 Å². The predicted octanol–water partition coefficient (Wildman–Crippen LogP) is 2.02. The lowest BCUT2D eigenvalue weighted by atomic mass is 9.63. The third kappa shape index (κ3) is 2.49. The second-order valence-corrected chi connectivity index (χ2v) is 6.29. The highest BCUT2D eigenvalue weighted by molar-refractivity contribution is 5.83. The Hall–Kier alpha value is -0.570. The van der Waals surface area contributed by atoms with Crippen LogP contribution in [0.3, 0.4) is 0 Å². The lowest BCUT2D eigenvalue weighted by Crippen LogP contribution is -2.51. The number of hydrogen-bond donors (Lipinski definition) is 1. The summed E-state index contributed by atoms with van der Waals surface area (Å²) < 4.78 is 0. The summed E-state index contributed by atoms with van der Waals surface area (Å²) in [5.41, 5.74) is -0.00843. The zero-order chi connectivity index (χ0) is 12.5. The molecule has 1 saturated carbocycles.